The molecule has 0 aromatic carbocycles. The minimum atomic E-state index is -0.164. The lowest BCUT2D eigenvalue weighted by molar-refractivity contribution is -0.122. The molecule has 9 heteroatoms. The second-order valence-corrected chi connectivity index (χ2v) is 6.10. The van der Waals surface area contributed by atoms with Crippen molar-refractivity contribution >= 4 is 5.91 Å². The van der Waals surface area contributed by atoms with E-state index in [1.54, 1.807) is 4.68 Å². The molecule has 0 spiro atoms. The monoisotopic (exact) mass is 318 g/mol. The quantitative estimate of drug-likeness (QED) is 0.810. The molecule has 2 N–H and O–H groups in total. The third-order valence-electron chi connectivity index (χ3n) is 4.34. The Morgan fingerprint density at radius 2 is 2.22 bits per heavy atom. The molecule has 1 fully saturated rings. The summed E-state index contributed by atoms with van der Waals surface area (Å²) >= 11 is 0. The summed E-state index contributed by atoms with van der Waals surface area (Å²) in [5, 5.41) is 25.2. The van der Waals surface area contributed by atoms with E-state index in [1.807, 2.05) is 13.2 Å². The second kappa shape index (κ2) is 7.30. The van der Waals surface area contributed by atoms with Crippen LogP contribution in [-0.4, -0.2) is 41.5 Å². The van der Waals surface area contributed by atoms with Crippen LogP contribution in [0.4, 0.5) is 0 Å². The second-order valence-electron chi connectivity index (χ2n) is 6.10. The molecule has 1 atom stereocenters. The van der Waals surface area contributed by atoms with Crippen molar-refractivity contribution < 1.29 is 4.79 Å². The van der Waals surface area contributed by atoms with E-state index in [0.29, 0.717) is 24.6 Å². The number of carbonyl (C=O) groups excluding carboxylic acids is 1. The predicted octanol–water partition coefficient (Wildman–Crippen LogP) is 0.699. The first-order chi connectivity index (χ1) is 11.2. The van der Waals surface area contributed by atoms with Crippen molar-refractivity contribution in [1.29, 1.82) is 0 Å². The van der Waals surface area contributed by atoms with Gasteiger partial charge in [-0.1, -0.05) is 29.7 Å². The Kier molecular flexibility index (Phi) is 4.94. The average Bonchev–Trinajstić information content (AvgIpc) is 3.23. The maximum Gasteiger partial charge on any atom is 0.220 e. The number of hydrogen-bond acceptors (Lipinski definition) is 6. The lowest BCUT2D eigenvalue weighted by Gasteiger charge is -2.28. The Hall–Kier alpha value is -2.32. The number of aryl methyl sites for hydroxylation is 2. The van der Waals surface area contributed by atoms with Crippen molar-refractivity contribution in [2.24, 2.45) is 13.0 Å². The zero-order valence-electron chi connectivity index (χ0n) is 13.3. The number of amides is 1. The maximum absolute atomic E-state index is 12.3. The number of nitrogens with one attached hydrogen (secondary N) is 2. The Labute approximate surface area is 134 Å². The summed E-state index contributed by atoms with van der Waals surface area (Å²) in [5.74, 6) is 0.933. The number of aromatic nitrogens is 7. The third-order valence-corrected chi connectivity index (χ3v) is 4.34. The molecule has 23 heavy (non-hydrogen) atoms. The fourth-order valence-corrected chi connectivity index (χ4v) is 3.16. The molecule has 1 aliphatic rings. The van der Waals surface area contributed by atoms with Gasteiger partial charge in [-0.15, -0.1) is 15.3 Å². The van der Waals surface area contributed by atoms with Gasteiger partial charge in [-0.3, -0.25) is 9.48 Å². The van der Waals surface area contributed by atoms with Gasteiger partial charge >= 0.3 is 0 Å². The van der Waals surface area contributed by atoms with Crippen LogP contribution in [0.1, 0.15) is 56.1 Å². The summed E-state index contributed by atoms with van der Waals surface area (Å²) in [6.07, 6.45) is 8.58. The van der Waals surface area contributed by atoms with Crippen molar-refractivity contribution in [2.75, 3.05) is 0 Å². The lowest BCUT2D eigenvalue weighted by Crippen LogP contribution is -2.35. The fourth-order valence-electron chi connectivity index (χ4n) is 3.16. The molecule has 3 rings (SSSR count). The van der Waals surface area contributed by atoms with E-state index in [1.165, 1.54) is 19.3 Å². The van der Waals surface area contributed by atoms with Gasteiger partial charge in [0.15, 0.2) is 5.82 Å². The number of carbonyl (C=O) groups is 1. The van der Waals surface area contributed by atoms with Crippen LogP contribution in [0.3, 0.4) is 0 Å². The topological polar surface area (TPSA) is 114 Å². The van der Waals surface area contributed by atoms with Gasteiger partial charge in [0.1, 0.15) is 0 Å². The van der Waals surface area contributed by atoms with Crippen LogP contribution in [0.5, 0.6) is 0 Å². The highest BCUT2D eigenvalue weighted by Crippen LogP contribution is 2.32. The Morgan fingerprint density at radius 1 is 1.39 bits per heavy atom. The van der Waals surface area contributed by atoms with Crippen molar-refractivity contribution in [2.45, 2.75) is 51.0 Å². The summed E-state index contributed by atoms with van der Waals surface area (Å²) in [4.78, 5) is 12.3. The van der Waals surface area contributed by atoms with E-state index in [4.69, 9.17) is 0 Å². The summed E-state index contributed by atoms with van der Waals surface area (Å²) in [6.45, 7) is 0. The SMILES string of the molecule is Cn1cc(CCC(=O)NC(c2nn[nH]n2)C2CCCCC2)nn1. The van der Waals surface area contributed by atoms with E-state index in [-0.39, 0.29) is 11.9 Å². The van der Waals surface area contributed by atoms with Crippen LogP contribution in [-0.2, 0) is 18.3 Å². The normalized spacial score (nSPS) is 17.1. The number of H-pyrrole nitrogens is 1. The van der Waals surface area contributed by atoms with Gasteiger partial charge in [0.05, 0.1) is 11.7 Å². The van der Waals surface area contributed by atoms with E-state index in [0.717, 1.165) is 18.5 Å². The van der Waals surface area contributed by atoms with Crippen molar-refractivity contribution in [3.05, 3.63) is 17.7 Å². The molecule has 0 aliphatic heterocycles. The van der Waals surface area contributed by atoms with Gasteiger partial charge < -0.3 is 5.32 Å². The summed E-state index contributed by atoms with van der Waals surface area (Å²) in [7, 11) is 1.81. The minimum Gasteiger partial charge on any atom is -0.346 e. The third kappa shape index (κ3) is 4.11. The van der Waals surface area contributed by atoms with E-state index in [2.05, 4.69) is 36.3 Å². The van der Waals surface area contributed by atoms with Crippen LogP contribution in [0.15, 0.2) is 6.20 Å². The molecular weight excluding hydrogens is 296 g/mol. The van der Waals surface area contributed by atoms with Crippen LogP contribution in [0.25, 0.3) is 0 Å². The molecule has 2 aromatic heterocycles. The largest absolute Gasteiger partial charge is 0.346 e. The summed E-state index contributed by atoms with van der Waals surface area (Å²) < 4.78 is 1.64. The van der Waals surface area contributed by atoms with Crippen molar-refractivity contribution in [3.63, 3.8) is 0 Å². The first-order valence-corrected chi connectivity index (χ1v) is 8.10. The fraction of sp³-hybridized carbons (Fsp3) is 0.714. The Bertz CT molecular complexity index is 617. The number of nitrogens with zero attached hydrogens (tertiary/aromatic N) is 6. The number of tetrazole rings is 1. The molecule has 1 saturated carbocycles. The van der Waals surface area contributed by atoms with Gasteiger partial charge in [0, 0.05) is 26.1 Å². The predicted molar refractivity (Wildman–Crippen MR) is 81.0 cm³/mol. The molecular formula is C14H22N8O. The van der Waals surface area contributed by atoms with Gasteiger partial charge in [0.2, 0.25) is 5.91 Å². The standard InChI is InChI=1S/C14H22N8O/c1-22-9-11(16-21-22)7-8-12(23)15-13(14-17-19-20-18-14)10-5-3-2-4-6-10/h9-10,13H,2-8H2,1H3,(H,15,23)(H,17,18,19,20). The molecule has 124 valence electrons. The molecule has 9 nitrogen and oxygen atoms in total. The van der Waals surface area contributed by atoms with Crippen molar-refractivity contribution in [3.8, 4) is 0 Å². The highest BCUT2D eigenvalue weighted by molar-refractivity contribution is 5.76. The minimum absolute atomic E-state index is 0.0176. The van der Waals surface area contributed by atoms with Gasteiger partial charge in [-0.25, -0.2) is 0 Å². The Balaban J connectivity index is 1.59. The van der Waals surface area contributed by atoms with Crippen LogP contribution in [0.2, 0.25) is 0 Å². The van der Waals surface area contributed by atoms with Crippen molar-refractivity contribution in [1.82, 2.24) is 40.9 Å². The highest BCUT2D eigenvalue weighted by Gasteiger charge is 2.29. The molecule has 0 saturated heterocycles. The van der Waals surface area contributed by atoms with Crippen LogP contribution in [0, 0.1) is 5.92 Å². The molecule has 1 aliphatic carbocycles. The summed E-state index contributed by atoms with van der Waals surface area (Å²) in [6, 6.07) is -0.164. The van der Waals surface area contributed by atoms with Gasteiger partial charge in [-0.2, -0.15) is 5.21 Å². The van der Waals surface area contributed by atoms with Crippen LogP contribution < -0.4 is 5.32 Å². The first-order valence-electron chi connectivity index (χ1n) is 8.10. The maximum atomic E-state index is 12.3. The van der Waals surface area contributed by atoms with Crippen LogP contribution >= 0.6 is 0 Å². The Morgan fingerprint density at radius 3 is 2.87 bits per heavy atom. The molecule has 2 heterocycles. The molecule has 0 radical (unpaired) electrons. The number of aromatic amines is 1. The lowest BCUT2D eigenvalue weighted by atomic mass is 9.83. The molecule has 1 amide bonds. The highest BCUT2D eigenvalue weighted by atomic mass is 16.1. The van der Waals surface area contributed by atoms with E-state index < -0.39 is 0 Å². The average molecular weight is 318 g/mol. The summed E-state index contributed by atoms with van der Waals surface area (Å²) in [5.41, 5.74) is 0.816. The zero-order chi connectivity index (χ0) is 16.1. The number of rotatable bonds is 6. The molecule has 0 bridgehead atoms. The van der Waals surface area contributed by atoms with Gasteiger partial charge in [0.25, 0.3) is 0 Å². The number of hydrogen-bond donors (Lipinski definition) is 2. The van der Waals surface area contributed by atoms with E-state index in [9.17, 15) is 4.79 Å². The smallest absolute Gasteiger partial charge is 0.220 e. The molecule has 1 unspecified atom stereocenters. The molecule has 2 aromatic rings. The van der Waals surface area contributed by atoms with Gasteiger partial charge in [-0.05, 0) is 18.8 Å². The first kappa shape index (κ1) is 15.6. The van der Waals surface area contributed by atoms with E-state index >= 15 is 0 Å². The zero-order valence-corrected chi connectivity index (χ0v) is 13.3.